The maximum Gasteiger partial charge on any atom is 0.248 e. The lowest BCUT2D eigenvalue weighted by Gasteiger charge is -2.55. The minimum Gasteiger partial charge on any atom is -0.497 e. The van der Waals surface area contributed by atoms with E-state index in [1.807, 2.05) is 0 Å². The normalized spacial score (nSPS) is 24.3. The lowest BCUT2D eigenvalue weighted by molar-refractivity contribution is -0.124. The summed E-state index contributed by atoms with van der Waals surface area (Å²) in [5.74, 6) is -2.96. The molecule has 3 aliphatic rings. The number of hydrogen-bond donors (Lipinski definition) is 1. The average Bonchev–Trinajstić information content (AvgIpc) is 2.74. The number of nitrogens with zero attached hydrogens (tertiary/aromatic N) is 2. The molecule has 5 nitrogen and oxygen atoms in total. The Hall–Kier alpha value is -2.27. The predicted molar refractivity (Wildman–Crippen MR) is 114 cm³/mol. The summed E-state index contributed by atoms with van der Waals surface area (Å²) in [6.45, 7) is 2.29. The number of anilines is 1. The summed E-state index contributed by atoms with van der Waals surface area (Å²) in [4.78, 5) is 14.9. The van der Waals surface area contributed by atoms with Crippen LogP contribution in [-0.2, 0) is 4.79 Å². The van der Waals surface area contributed by atoms with Crippen LogP contribution in [0, 0.1) is 33.9 Å². The first-order chi connectivity index (χ1) is 15.2. The first-order valence-corrected chi connectivity index (χ1v) is 11.3. The van der Waals surface area contributed by atoms with E-state index in [2.05, 4.69) is 16.3 Å². The Balaban J connectivity index is 1.25. The van der Waals surface area contributed by atoms with Crippen LogP contribution in [0.2, 0.25) is 0 Å². The Morgan fingerprint density at radius 3 is 2.41 bits per heavy atom. The average molecular weight is 450 g/mol. The Labute approximate surface area is 186 Å². The summed E-state index contributed by atoms with van der Waals surface area (Å²) in [5.41, 5.74) is -0.109. The quantitative estimate of drug-likeness (QED) is 0.688. The zero-order valence-corrected chi connectivity index (χ0v) is 18.4. The maximum atomic E-state index is 13.7. The monoisotopic (exact) mass is 449 g/mol. The van der Waals surface area contributed by atoms with Crippen molar-refractivity contribution >= 4 is 11.6 Å². The van der Waals surface area contributed by atoms with E-state index in [0.717, 1.165) is 38.8 Å². The minimum absolute atomic E-state index is 0.102. The summed E-state index contributed by atoms with van der Waals surface area (Å²) < 4.78 is 45.8. The van der Waals surface area contributed by atoms with Gasteiger partial charge in [0.05, 0.1) is 18.6 Å². The number of hydrogen-bond acceptors (Lipinski definition) is 4. The lowest BCUT2D eigenvalue weighted by atomic mass is 9.64. The van der Waals surface area contributed by atoms with Crippen molar-refractivity contribution in [1.82, 2.24) is 4.90 Å². The van der Waals surface area contributed by atoms with E-state index >= 15 is 0 Å². The number of alkyl halides is 2. The predicted octanol–water partition coefficient (Wildman–Crippen LogP) is 4.98. The molecule has 1 amide bonds. The number of rotatable bonds is 5. The van der Waals surface area contributed by atoms with Gasteiger partial charge in [-0.05, 0) is 50.0 Å². The third-order valence-electron chi connectivity index (χ3n) is 7.61. The van der Waals surface area contributed by atoms with Crippen molar-refractivity contribution in [2.45, 2.75) is 57.3 Å². The summed E-state index contributed by atoms with van der Waals surface area (Å²) in [6.07, 6.45) is 3.49. The Morgan fingerprint density at radius 2 is 1.81 bits per heavy atom. The van der Waals surface area contributed by atoms with E-state index in [-0.39, 0.29) is 42.9 Å². The number of nitrogens with one attached hydrogen (secondary N) is 1. The molecule has 1 saturated heterocycles. The molecule has 1 aromatic carbocycles. The molecule has 2 saturated carbocycles. The molecule has 2 aliphatic carbocycles. The van der Waals surface area contributed by atoms with Gasteiger partial charge in [-0.25, -0.2) is 13.2 Å². The number of ether oxygens (including phenoxy) is 1. The fourth-order valence-electron chi connectivity index (χ4n) is 5.65. The number of benzene rings is 1. The van der Waals surface area contributed by atoms with Crippen molar-refractivity contribution in [2.24, 2.45) is 16.7 Å². The van der Waals surface area contributed by atoms with Gasteiger partial charge in [-0.1, -0.05) is 0 Å². The topological polar surface area (TPSA) is 65.4 Å². The Morgan fingerprint density at radius 1 is 1.16 bits per heavy atom. The molecule has 174 valence electrons. The van der Waals surface area contributed by atoms with Gasteiger partial charge < -0.3 is 15.0 Å². The van der Waals surface area contributed by atoms with Crippen LogP contribution in [0.3, 0.4) is 0 Å². The molecular weight excluding hydrogens is 419 g/mol. The number of amides is 1. The van der Waals surface area contributed by atoms with Gasteiger partial charge in [-0.2, -0.15) is 5.26 Å². The zero-order chi connectivity index (χ0) is 23.0. The van der Waals surface area contributed by atoms with Crippen LogP contribution in [0.25, 0.3) is 0 Å². The molecule has 0 unspecified atom stereocenters. The highest BCUT2D eigenvalue weighted by atomic mass is 19.3. The fraction of sp³-hybridized carbons (Fsp3) is 0.667. The van der Waals surface area contributed by atoms with Crippen molar-refractivity contribution in [3.63, 3.8) is 0 Å². The van der Waals surface area contributed by atoms with E-state index in [4.69, 9.17) is 4.74 Å². The molecule has 0 aromatic heterocycles. The molecule has 0 bridgehead atoms. The molecule has 0 atom stereocenters. The first-order valence-electron chi connectivity index (χ1n) is 11.3. The van der Waals surface area contributed by atoms with Gasteiger partial charge in [0.15, 0.2) is 0 Å². The van der Waals surface area contributed by atoms with Gasteiger partial charge >= 0.3 is 0 Å². The second-order valence-corrected chi connectivity index (χ2v) is 10.0. The van der Waals surface area contributed by atoms with Crippen molar-refractivity contribution in [2.75, 3.05) is 32.1 Å². The fourth-order valence-corrected chi connectivity index (χ4v) is 5.65. The Bertz CT molecular complexity index is 888. The third-order valence-corrected chi connectivity index (χ3v) is 7.61. The molecule has 8 heteroatoms. The van der Waals surface area contributed by atoms with Gasteiger partial charge in [0.2, 0.25) is 11.8 Å². The third kappa shape index (κ3) is 4.88. The molecule has 1 N–H and O–H groups in total. The molecule has 1 spiro atoms. The summed E-state index contributed by atoms with van der Waals surface area (Å²) in [7, 11) is 1.45. The highest BCUT2D eigenvalue weighted by Gasteiger charge is 2.50. The van der Waals surface area contributed by atoms with Crippen LogP contribution in [0.1, 0.15) is 51.4 Å². The second-order valence-electron chi connectivity index (χ2n) is 10.0. The molecule has 0 radical (unpaired) electrons. The van der Waals surface area contributed by atoms with Crippen molar-refractivity contribution < 1.29 is 22.7 Å². The number of nitriles is 1. The molecule has 32 heavy (non-hydrogen) atoms. The smallest absolute Gasteiger partial charge is 0.248 e. The highest BCUT2D eigenvalue weighted by molar-refractivity contribution is 5.92. The number of halogens is 3. The standard InChI is InChI=1S/C24H30F3N3O2/c1-32-20-11-18(25)10-19(12-20)29-21(31)17-2-4-23(5-3-17)15-30(16-23)14-22(13-28)6-8-24(26,27)9-7-22/h10-12,17H,2-9,14-16H2,1H3,(H,29,31). The van der Waals surface area contributed by atoms with Crippen LogP contribution < -0.4 is 10.1 Å². The molecule has 3 fully saturated rings. The zero-order valence-electron chi connectivity index (χ0n) is 18.4. The largest absolute Gasteiger partial charge is 0.497 e. The van der Waals surface area contributed by atoms with Crippen LogP contribution in [-0.4, -0.2) is 43.5 Å². The molecular formula is C24H30F3N3O2. The van der Waals surface area contributed by atoms with E-state index < -0.39 is 17.2 Å². The molecule has 4 rings (SSSR count). The van der Waals surface area contributed by atoms with E-state index in [1.54, 1.807) is 6.07 Å². The van der Waals surface area contributed by atoms with Gasteiger partial charge in [0.1, 0.15) is 11.6 Å². The summed E-state index contributed by atoms with van der Waals surface area (Å²) in [5, 5.41) is 12.5. The number of likely N-dealkylation sites (tertiary alicyclic amines) is 1. The molecule has 1 aromatic rings. The summed E-state index contributed by atoms with van der Waals surface area (Å²) in [6, 6.07) is 6.48. The molecule has 1 aliphatic heterocycles. The van der Waals surface area contributed by atoms with Crippen molar-refractivity contribution in [3.8, 4) is 11.8 Å². The van der Waals surface area contributed by atoms with Crippen LogP contribution in [0.4, 0.5) is 18.9 Å². The summed E-state index contributed by atoms with van der Waals surface area (Å²) >= 11 is 0. The second kappa shape index (κ2) is 8.58. The van der Waals surface area contributed by atoms with Crippen LogP contribution in [0.15, 0.2) is 18.2 Å². The van der Waals surface area contributed by atoms with E-state index in [0.29, 0.717) is 18.0 Å². The van der Waals surface area contributed by atoms with Gasteiger partial charge in [-0.15, -0.1) is 0 Å². The van der Waals surface area contributed by atoms with E-state index in [1.165, 1.54) is 19.2 Å². The van der Waals surface area contributed by atoms with Crippen molar-refractivity contribution in [3.05, 3.63) is 24.0 Å². The van der Waals surface area contributed by atoms with Gasteiger partial charge in [0.25, 0.3) is 0 Å². The Kier molecular flexibility index (Phi) is 6.15. The minimum atomic E-state index is -2.63. The number of carbonyl (C=O) groups is 1. The van der Waals surface area contributed by atoms with Gasteiger partial charge in [0, 0.05) is 56.2 Å². The van der Waals surface area contributed by atoms with Crippen molar-refractivity contribution in [1.29, 1.82) is 5.26 Å². The first kappa shape index (κ1) is 22.9. The highest BCUT2D eigenvalue weighted by Crippen LogP contribution is 2.49. The lowest BCUT2D eigenvalue weighted by Crippen LogP contribution is -2.60. The van der Waals surface area contributed by atoms with E-state index in [9.17, 15) is 23.2 Å². The van der Waals surface area contributed by atoms with Gasteiger partial charge in [-0.3, -0.25) is 4.79 Å². The van der Waals surface area contributed by atoms with Crippen LogP contribution in [0.5, 0.6) is 5.75 Å². The van der Waals surface area contributed by atoms with Crippen LogP contribution >= 0.6 is 0 Å². The number of carbonyl (C=O) groups excluding carboxylic acids is 1. The molecule has 1 heterocycles. The maximum absolute atomic E-state index is 13.7. The number of methoxy groups -OCH3 is 1. The SMILES string of the molecule is COc1cc(F)cc(NC(=O)C2CCC3(CC2)CN(CC2(C#N)CCC(F)(F)CC2)C3)c1.